The van der Waals surface area contributed by atoms with Gasteiger partial charge in [-0.1, -0.05) is 31.5 Å². The smallest absolute Gasteiger partial charge is 0.219 e. The Morgan fingerprint density at radius 3 is 2.76 bits per heavy atom. The first-order valence-corrected chi connectivity index (χ1v) is 7.16. The van der Waals surface area contributed by atoms with E-state index in [-0.39, 0.29) is 16.7 Å². The minimum atomic E-state index is -0.578. The lowest BCUT2D eigenvalue weighted by Crippen LogP contribution is -2.07. The van der Waals surface area contributed by atoms with E-state index in [1.165, 1.54) is 12.1 Å². The van der Waals surface area contributed by atoms with Crippen LogP contribution < -0.4 is 10.1 Å². The number of pyridine rings is 1. The topological polar surface area (TPSA) is 34.1 Å². The summed E-state index contributed by atoms with van der Waals surface area (Å²) in [6.07, 6.45) is 0. The normalized spacial score (nSPS) is 11.0. The van der Waals surface area contributed by atoms with E-state index >= 15 is 0 Å². The number of rotatable bonds is 5. The molecule has 0 saturated heterocycles. The highest BCUT2D eigenvalue weighted by Crippen LogP contribution is 2.29. The van der Waals surface area contributed by atoms with Crippen LogP contribution in [-0.4, -0.2) is 12.0 Å². The van der Waals surface area contributed by atoms with Gasteiger partial charge in [0, 0.05) is 18.3 Å². The molecule has 0 unspecified atom stereocenters. The summed E-state index contributed by atoms with van der Waals surface area (Å²) in [7, 11) is 1.87. The predicted molar refractivity (Wildman–Crippen MR) is 82.6 cm³/mol. The Morgan fingerprint density at radius 2 is 2.10 bits per heavy atom. The van der Waals surface area contributed by atoms with Gasteiger partial charge in [0.15, 0.2) is 11.6 Å². The van der Waals surface area contributed by atoms with Crippen molar-refractivity contribution in [1.82, 2.24) is 10.3 Å². The lowest BCUT2D eigenvalue weighted by Gasteiger charge is -2.12. The molecule has 21 heavy (non-hydrogen) atoms. The van der Waals surface area contributed by atoms with E-state index in [4.69, 9.17) is 16.3 Å². The molecule has 0 amide bonds. The monoisotopic (exact) mass is 308 g/mol. The van der Waals surface area contributed by atoms with Gasteiger partial charge in [-0.05, 0) is 36.7 Å². The molecule has 1 N–H and O–H groups in total. The summed E-state index contributed by atoms with van der Waals surface area (Å²) in [6, 6.07) is 8.46. The second kappa shape index (κ2) is 6.87. The van der Waals surface area contributed by atoms with Crippen molar-refractivity contribution in [2.24, 2.45) is 0 Å². The van der Waals surface area contributed by atoms with Crippen LogP contribution in [-0.2, 0) is 6.54 Å². The maximum Gasteiger partial charge on any atom is 0.219 e. The molecule has 0 aliphatic heterocycles. The van der Waals surface area contributed by atoms with Gasteiger partial charge in [0.05, 0.1) is 5.02 Å². The van der Waals surface area contributed by atoms with Gasteiger partial charge in [-0.25, -0.2) is 9.37 Å². The van der Waals surface area contributed by atoms with Crippen molar-refractivity contribution in [2.75, 3.05) is 7.05 Å². The molecule has 0 spiro atoms. The third kappa shape index (κ3) is 3.93. The molecule has 1 aromatic carbocycles. The number of hydrogen-bond donors (Lipinski definition) is 1. The number of aromatic nitrogens is 1. The van der Waals surface area contributed by atoms with Gasteiger partial charge in [-0.2, -0.15) is 0 Å². The average Bonchev–Trinajstić information content (AvgIpc) is 2.44. The van der Waals surface area contributed by atoms with Crippen LogP contribution in [0.15, 0.2) is 30.3 Å². The molecule has 0 saturated carbocycles. The van der Waals surface area contributed by atoms with E-state index in [0.29, 0.717) is 12.4 Å². The van der Waals surface area contributed by atoms with Crippen molar-refractivity contribution in [1.29, 1.82) is 0 Å². The molecule has 0 bridgehead atoms. The second-order valence-electron chi connectivity index (χ2n) is 5.08. The Kier molecular flexibility index (Phi) is 5.15. The molecule has 2 aromatic rings. The molecule has 2 rings (SSSR count). The fraction of sp³-hybridized carbons (Fsp3) is 0.312. The summed E-state index contributed by atoms with van der Waals surface area (Å²) in [5.41, 5.74) is 1.94. The van der Waals surface area contributed by atoms with E-state index in [2.05, 4.69) is 24.1 Å². The Hall–Kier alpha value is -1.65. The largest absolute Gasteiger partial charge is 0.436 e. The predicted octanol–water partition coefficient (Wildman–Crippen LogP) is 4.51. The van der Waals surface area contributed by atoms with Crippen molar-refractivity contribution in [2.45, 2.75) is 26.3 Å². The standard InChI is InChI=1S/C16H18ClFN2O/c1-10(2)13-7-11(9-19-3)8-15(20-13)21-14-6-4-5-12(17)16(14)18/h4-8,10,19H,9H2,1-3H3. The molecule has 3 nitrogen and oxygen atoms in total. The molecular formula is C16H18ClFN2O. The quantitative estimate of drug-likeness (QED) is 0.882. The van der Waals surface area contributed by atoms with Crippen molar-refractivity contribution >= 4 is 11.6 Å². The zero-order chi connectivity index (χ0) is 15.4. The van der Waals surface area contributed by atoms with Gasteiger partial charge < -0.3 is 10.1 Å². The highest BCUT2D eigenvalue weighted by Gasteiger charge is 2.12. The first-order chi connectivity index (χ1) is 10.0. The zero-order valence-electron chi connectivity index (χ0n) is 12.3. The van der Waals surface area contributed by atoms with E-state index < -0.39 is 5.82 Å². The maximum atomic E-state index is 13.9. The number of hydrogen-bond acceptors (Lipinski definition) is 3. The lowest BCUT2D eigenvalue weighted by atomic mass is 10.1. The highest BCUT2D eigenvalue weighted by molar-refractivity contribution is 6.30. The SMILES string of the molecule is CNCc1cc(Oc2cccc(Cl)c2F)nc(C(C)C)c1. The summed E-state index contributed by atoms with van der Waals surface area (Å²) >= 11 is 5.76. The van der Waals surface area contributed by atoms with Gasteiger partial charge in [0.2, 0.25) is 5.88 Å². The number of nitrogens with zero attached hydrogens (tertiary/aromatic N) is 1. The van der Waals surface area contributed by atoms with Crippen LogP contribution in [0.25, 0.3) is 0 Å². The number of nitrogens with one attached hydrogen (secondary N) is 1. The summed E-state index contributed by atoms with van der Waals surface area (Å²) in [6.45, 7) is 4.79. The Labute approximate surface area is 129 Å². The number of ether oxygens (including phenoxy) is 1. The highest BCUT2D eigenvalue weighted by atomic mass is 35.5. The molecule has 1 heterocycles. The Balaban J connectivity index is 2.36. The van der Waals surface area contributed by atoms with Gasteiger partial charge >= 0.3 is 0 Å². The van der Waals surface area contributed by atoms with Crippen molar-refractivity contribution in [3.05, 3.63) is 52.4 Å². The van der Waals surface area contributed by atoms with Gasteiger partial charge in [-0.15, -0.1) is 0 Å². The summed E-state index contributed by atoms with van der Waals surface area (Å²) in [5.74, 6) is 0.123. The van der Waals surface area contributed by atoms with E-state index in [1.807, 2.05) is 13.1 Å². The Bertz CT molecular complexity index is 632. The molecule has 0 aliphatic carbocycles. The third-order valence-electron chi connectivity index (χ3n) is 2.98. The number of benzene rings is 1. The van der Waals surface area contributed by atoms with Crippen LogP contribution in [0.4, 0.5) is 4.39 Å². The molecule has 0 fully saturated rings. The Morgan fingerprint density at radius 1 is 1.33 bits per heavy atom. The van der Waals surface area contributed by atoms with E-state index in [0.717, 1.165) is 11.3 Å². The fourth-order valence-corrected chi connectivity index (χ4v) is 2.08. The zero-order valence-corrected chi connectivity index (χ0v) is 13.0. The van der Waals surface area contributed by atoms with Crippen molar-refractivity contribution in [3.8, 4) is 11.6 Å². The maximum absolute atomic E-state index is 13.9. The van der Waals surface area contributed by atoms with Gasteiger partial charge in [-0.3, -0.25) is 0 Å². The van der Waals surface area contributed by atoms with Crippen LogP contribution >= 0.6 is 11.6 Å². The fourth-order valence-electron chi connectivity index (χ4n) is 1.91. The van der Waals surface area contributed by atoms with E-state index in [1.54, 1.807) is 12.1 Å². The van der Waals surface area contributed by atoms with Crippen LogP contribution in [0.1, 0.15) is 31.0 Å². The third-order valence-corrected chi connectivity index (χ3v) is 3.28. The molecule has 0 aliphatic rings. The van der Waals surface area contributed by atoms with Crippen LogP contribution in [0.2, 0.25) is 5.02 Å². The number of halogens is 2. The molecule has 112 valence electrons. The summed E-state index contributed by atoms with van der Waals surface area (Å²) in [5, 5.41) is 3.11. The van der Waals surface area contributed by atoms with Crippen LogP contribution in [0, 0.1) is 5.82 Å². The first kappa shape index (κ1) is 15.7. The van der Waals surface area contributed by atoms with Crippen LogP contribution in [0.5, 0.6) is 11.6 Å². The second-order valence-corrected chi connectivity index (χ2v) is 5.48. The van der Waals surface area contributed by atoms with E-state index in [9.17, 15) is 4.39 Å². The lowest BCUT2D eigenvalue weighted by molar-refractivity contribution is 0.424. The molecule has 1 aromatic heterocycles. The average molecular weight is 309 g/mol. The minimum Gasteiger partial charge on any atom is -0.436 e. The van der Waals surface area contributed by atoms with Crippen LogP contribution in [0.3, 0.4) is 0 Å². The molecular weight excluding hydrogens is 291 g/mol. The summed E-state index contributed by atoms with van der Waals surface area (Å²) < 4.78 is 19.5. The van der Waals surface area contributed by atoms with Gasteiger partial charge in [0.25, 0.3) is 0 Å². The van der Waals surface area contributed by atoms with Crippen molar-refractivity contribution in [3.63, 3.8) is 0 Å². The molecule has 0 radical (unpaired) electrons. The first-order valence-electron chi connectivity index (χ1n) is 6.78. The van der Waals surface area contributed by atoms with Gasteiger partial charge in [0.1, 0.15) is 0 Å². The summed E-state index contributed by atoms with van der Waals surface area (Å²) in [4.78, 5) is 4.42. The van der Waals surface area contributed by atoms with Crippen molar-refractivity contribution < 1.29 is 9.13 Å². The molecule has 0 atom stereocenters. The minimum absolute atomic E-state index is 0.0305. The molecule has 5 heteroatoms.